The number of halogens is 1. The van der Waals surface area contributed by atoms with Crippen LogP contribution in [0.1, 0.15) is 35.7 Å². The predicted octanol–water partition coefficient (Wildman–Crippen LogP) is 4.72. The Hall–Kier alpha value is -2.49. The second-order valence-corrected chi connectivity index (χ2v) is 4.96. The molecule has 2 rings (SSSR count). The third-order valence-corrected chi connectivity index (χ3v) is 3.31. The highest BCUT2D eigenvalue weighted by Crippen LogP contribution is 2.23. The van der Waals surface area contributed by atoms with E-state index in [1.807, 2.05) is 12.1 Å². The summed E-state index contributed by atoms with van der Waals surface area (Å²) in [6.45, 7) is 5.45. The van der Waals surface area contributed by atoms with Crippen LogP contribution in [0.25, 0.3) is 0 Å². The lowest BCUT2D eigenvalue weighted by Crippen LogP contribution is -2.09. The Labute approximate surface area is 129 Å². The maximum atomic E-state index is 13.8. The van der Waals surface area contributed by atoms with Crippen molar-refractivity contribution >= 4 is 18.4 Å². The largest absolute Gasteiger partial charge is 0.420 e. The summed E-state index contributed by atoms with van der Waals surface area (Å²) in [6.07, 6.45) is 3.22. The SMILES string of the molecule is C=Nc1ccc(OC(=O)c2ccc(CCCC)cc2)c(F)c1. The monoisotopic (exact) mass is 299 g/mol. The van der Waals surface area contributed by atoms with E-state index in [0.717, 1.165) is 19.3 Å². The van der Waals surface area contributed by atoms with Gasteiger partial charge in [-0.2, -0.15) is 0 Å². The predicted molar refractivity (Wildman–Crippen MR) is 85.6 cm³/mol. The summed E-state index contributed by atoms with van der Waals surface area (Å²) in [5, 5.41) is 0. The van der Waals surface area contributed by atoms with Crippen molar-refractivity contribution in [2.24, 2.45) is 4.99 Å². The number of carbonyl (C=O) groups is 1. The van der Waals surface area contributed by atoms with Crippen LogP contribution in [0.2, 0.25) is 0 Å². The Kier molecular flexibility index (Phi) is 5.42. The van der Waals surface area contributed by atoms with Crippen LogP contribution in [-0.4, -0.2) is 12.7 Å². The van der Waals surface area contributed by atoms with Crippen LogP contribution in [0.4, 0.5) is 10.1 Å². The quantitative estimate of drug-likeness (QED) is 0.440. The van der Waals surface area contributed by atoms with E-state index in [-0.39, 0.29) is 5.75 Å². The molecule has 0 aromatic heterocycles. The lowest BCUT2D eigenvalue weighted by molar-refractivity contribution is 0.0728. The van der Waals surface area contributed by atoms with Gasteiger partial charge in [0, 0.05) is 6.07 Å². The number of carbonyl (C=O) groups excluding carboxylic acids is 1. The van der Waals surface area contributed by atoms with Crippen LogP contribution in [0, 0.1) is 5.82 Å². The van der Waals surface area contributed by atoms with E-state index >= 15 is 0 Å². The second-order valence-electron chi connectivity index (χ2n) is 4.96. The smallest absolute Gasteiger partial charge is 0.343 e. The molecule has 0 radical (unpaired) electrons. The molecular weight excluding hydrogens is 281 g/mol. The standard InChI is InChI=1S/C18H18FNO2/c1-3-4-5-13-6-8-14(9-7-13)18(21)22-17-11-10-15(20-2)12-16(17)19/h6-12H,2-5H2,1H3. The van der Waals surface area contributed by atoms with Gasteiger partial charge in [0.2, 0.25) is 0 Å². The first-order valence-corrected chi connectivity index (χ1v) is 7.21. The van der Waals surface area contributed by atoms with Gasteiger partial charge in [0.05, 0.1) is 11.3 Å². The van der Waals surface area contributed by atoms with Gasteiger partial charge < -0.3 is 4.74 Å². The molecule has 0 spiro atoms. The molecule has 0 N–H and O–H groups in total. The van der Waals surface area contributed by atoms with Gasteiger partial charge in [-0.1, -0.05) is 25.5 Å². The van der Waals surface area contributed by atoms with Crippen LogP contribution in [0.5, 0.6) is 5.75 Å². The zero-order chi connectivity index (χ0) is 15.9. The highest BCUT2D eigenvalue weighted by atomic mass is 19.1. The van der Waals surface area contributed by atoms with E-state index in [1.165, 1.54) is 23.8 Å². The van der Waals surface area contributed by atoms with Crippen LogP contribution >= 0.6 is 0 Å². The lowest BCUT2D eigenvalue weighted by Gasteiger charge is -2.07. The van der Waals surface area contributed by atoms with Crippen molar-refractivity contribution in [3.05, 3.63) is 59.4 Å². The summed E-state index contributed by atoms with van der Waals surface area (Å²) in [6, 6.07) is 11.3. The first-order valence-electron chi connectivity index (χ1n) is 7.21. The molecule has 0 aliphatic heterocycles. The highest BCUT2D eigenvalue weighted by Gasteiger charge is 2.12. The normalized spacial score (nSPS) is 10.3. The van der Waals surface area contributed by atoms with Crippen molar-refractivity contribution in [2.45, 2.75) is 26.2 Å². The molecule has 0 aliphatic rings. The molecule has 0 aliphatic carbocycles. The zero-order valence-electron chi connectivity index (χ0n) is 12.5. The molecule has 0 saturated heterocycles. The first kappa shape index (κ1) is 15.9. The van der Waals surface area contributed by atoms with Gasteiger partial charge in [-0.25, -0.2) is 9.18 Å². The van der Waals surface area contributed by atoms with E-state index < -0.39 is 11.8 Å². The van der Waals surface area contributed by atoms with E-state index in [1.54, 1.807) is 12.1 Å². The Morgan fingerprint density at radius 1 is 1.23 bits per heavy atom. The molecule has 4 heteroatoms. The molecule has 22 heavy (non-hydrogen) atoms. The van der Waals surface area contributed by atoms with E-state index in [9.17, 15) is 9.18 Å². The fraction of sp³-hybridized carbons (Fsp3) is 0.222. The summed E-state index contributed by atoms with van der Waals surface area (Å²) >= 11 is 0. The fourth-order valence-electron chi connectivity index (χ4n) is 2.02. The first-order chi connectivity index (χ1) is 10.6. The van der Waals surface area contributed by atoms with Crippen molar-refractivity contribution in [3.63, 3.8) is 0 Å². The number of aliphatic imine (C=N–C) groups is 1. The number of rotatable bonds is 6. The number of benzene rings is 2. The third kappa shape index (κ3) is 4.01. The van der Waals surface area contributed by atoms with Crippen molar-refractivity contribution < 1.29 is 13.9 Å². The minimum absolute atomic E-state index is 0.118. The lowest BCUT2D eigenvalue weighted by atomic mass is 10.1. The molecule has 2 aromatic rings. The van der Waals surface area contributed by atoms with Gasteiger partial charge in [-0.15, -0.1) is 0 Å². The number of aryl methyl sites for hydroxylation is 1. The molecule has 0 heterocycles. The molecule has 0 unspecified atom stereocenters. The molecule has 114 valence electrons. The summed E-state index contributed by atoms with van der Waals surface area (Å²) in [5.41, 5.74) is 1.95. The molecule has 0 bridgehead atoms. The maximum Gasteiger partial charge on any atom is 0.343 e. The van der Waals surface area contributed by atoms with Gasteiger partial charge in [0.1, 0.15) is 0 Å². The molecule has 0 fully saturated rings. The van der Waals surface area contributed by atoms with Gasteiger partial charge in [0.15, 0.2) is 11.6 Å². The average molecular weight is 299 g/mol. The van der Waals surface area contributed by atoms with E-state index in [2.05, 4.69) is 18.6 Å². The number of unbranched alkanes of at least 4 members (excludes halogenated alkanes) is 1. The second kappa shape index (κ2) is 7.50. The van der Waals surface area contributed by atoms with Crippen molar-refractivity contribution in [1.29, 1.82) is 0 Å². The molecule has 0 amide bonds. The fourth-order valence-corrected chi connectivity index (χ4v) is 2.02. The Morgan fingerprint density at radius 2 is 1.95 bits per heavy atom. The molecule has 3 nitrogen and oxygen atoms in total. The van der Waals surface area contributed by atoms with E-state index in [4.69, 9.17) is 4.74 Å². The Morgan fingerprint density at radius 3 is 2.55 bits per heavy atom. The zero-order valence-corrected chi connectivity index (χ0v) is 12.5. The summed E-state index contributed by atoms with van der Waals surface area (Å²) < 4.78 is 18.8. The van der Waals surface area contributed by atoms with Crippen molar-refractivity contribution in [3.8, 4) is 5.75 Å². The third-order valence-electron chi connectivity index (χ3n) is 3.31. The van der Waals surface area contributed by atoms with Gasteiger partial charge in [-0.05, 0) is 49.4 Å². The summed E-state index contributed by atoms with van der Waals surface area (Å²) in [7, 11) is 0. The number of hydrogen-bond donors (Lipinski definition) is 0. The van der Waals surface area contributed by atoms with Gasteiger partial charge >= 0.3 is 5.97 Å². The summed E-state index contributed by atoms with van der Waals surface area (Å²) in [5.74, 6) is -1.34. The minimum atomic E-state index is -0.641. The molecular formula is C18H18FNO2. The Balaban J connectivity index is 2.07. The maximum absolute atomic E-state index is 13.8. The van der Waals surface area contributed by atoms with Crippen LogP contribution < -0.4 is 4.74 Å². The molecule has 0 atom stereocenters. The van der Waals surface area contributed by atoms with Crippen molar-refractivity contribution in [1.82, 2.24) is 0 Å². The average Bonchev–Trinajstić information content (AvgIpc) is 2.55. The van der Waals surface area contributed by atoms with Gasteiger partial charge in [0.25, 0.3) is 0 Å². The topological polar surface area (TPSA) is 38.7 Å². The summed E-state index contributed by atoms with van der Waals surface area (Å²) in [4.78, 5) is 15.6. The Bertz CT molecular complexity index is 665. The van der Waals surface area contributed by atoms with Crippen LogP contribution in [0.3, 0.4) is 0 Å². The number of esters is 1. The van der Waals surface area contributed by atoms with Crippen LogP contribution in [0.15, 0.2) is 47.5 Å². The number of nitrogens with zero attached hydrogens (tertiary/aromatic N) is 1. The molecule has 0 saturated carbocycles. The minimum Gasteiger partial charge on any atom is -0.420 e. The van der Waals surface area contributed by atoms with Crippen molar-refractivity contribution in [2.75, 3.05) is 0 Å². The number of hydrogen-bond acceptors (Lipinski definition) is 3. The molecule has 2 aromatic carbocycles. The highest BCUT2D eigenvalue weighted by molar-refractivity contribution is 5.91. The number of ether oxygens (including phenoxy) is 1. The van der Waals surface area contributed by atoms with E-state index in [0.29, 0.717) is 11.3 Å². The van der Waals surface area contributed by atoms with Gasteiger partial charge in [-0.3, -0.25) is 4.99 Å². The van der Waals surface area contributed by atoms with Crippen LogP contribution in [-0.2, 0) is 6.42 Å².